The molecule has 1 aliphatic heterocycles. The second kappa shape index (κ2) is 3.90. The fraction of sp³-hybridized carbons (Fsp3) is 0.364. The van der Waals surface area contributed by atoms with Gasteiger partial charge in [-0.2, -0.15) is 0 Å². The normalized spacial score (nSPS) is 15.5. The molecule has 1 aromatic carbocycles. The topological polar surface area (TPSA) is 72.5 Å². The maximum atomic E-state index is 10.6. The van der Waals surface area contributed by atoms with Gasteiger partial charge in [-0.1, -0.05) is 12.1 Å². The van der Waals surface area contributed by atoms with E-state index in [-0.39, 0.29) is 0 Å². The molecule has 1 aliphatic rings. The van der Waals surface area contributed by atoms with Gasteiger partial charge >= 0.3 is 5.97 Å². The summed E-state index contributed by atoms with van der Waals surface area (Å²) in [6, 6.07) is 4.90. The number of nitrogens with two attached hydrogens (primary N) is 1. The second-order valence-electron chi connectivity index (χ2n) is 3.69. The third kappa shape index (κ3) is 2.10. The highest BCUT2D eigenvalue weighted by Gasteiger charge is 2.15. The lowest BCUT2D eigenvalue weighted by molar-refractivity contribution is -0.138. The van der Waals surface area contributed by atoms with Gasteiger partial charge in [0.2, 0.25) is 0 Å². The molecule has 0 unspecified atom stereocenters. The van der Waals surface area contributed by atoms with Gasteiger partial charge < -0.3 is 15.6 Å². The molecule has 0 saturated heterocycles. The van der Waals surface area contributed by atoms with E-state index >= 15 is 0 Å². The Labute approximate surface area is 87.7 Å². The molecule has 3 N–H and O–H groups in total. The third-order valence-electron chi connectivity index (χ3n) is 2.53. The average Bonchev–Trinajstić information content (AvgIpc) is 2.64. The summed E-state index contributed by atoms with van der Waals surface area (Å²) in [5.41, 5.74) is 7.56. The first-order valence-corrected chi connectivity index (χ1v) is 4.90. The zero-order valence-corrected chi connectivity index (χ0v) is 8.27. The number of rotatable bonds is 3. The van der Waals surface area contributed by atoms with Crippen molar-refractivity contribution in [2.24, 2.45) is 5.73 Å². The summed E-state index contributed by atoms with van der Waals surface area (Å²) < 4.78 is 5.36. The average molecular weight is 207 g/mol. The van der Waals surface area contributed by atoms with Crippen LogP contribution in [0.2, 0.25) is 0 Å². The minimum atomic E-state index is -0.966. The number of aliphatic carboxylic acids is 1. The lowest BCUT2D eigenvalue weighted by Gasteiger charge is -2.07. The number of carboxylic acids is 1. The molecule has 1 heterocycles. The van der Waals surface area contributed by atoms with E-state index in [2.05, 4.69) is 0 Å². The minimum Gasteiger partial charge on any atom is -0.493 e. The van der Waals surface area contributed by atoms with Gasteiger partial charge in [-0.25, -0.2) is 0 Å². The van der Waals surface area contributed by atoms with E-state index in [1.807, 2.05) is 18.2 Å². The van der Waals surface area contributed by atoms with Crippen LogP contribution in [0.4, 0.5) is 0 Å². The summed E-state index contributed by atoms with van der Waals surface area (Å²) in [6.45, 7) is 0.712. The maximum Gasteiger partial charge on any atom is 0.320 e. The SMILES string of the molecule is N[C@H](Cc1ccc2c(c1)CCO2)C(=O)O. The Bertz CT molecular complexity index is 389. The Morgan fingerprint density at radius 2 is 2.40 bits per heavy atom. The van der Waals surface area contributed by atoms with E-state index in [9.17, 15) is 4.79 Å². The Hall–Kier alpha value is -1.55. The van der Waals surface area contributed by atoms with Crippen molar-refractivity contribution >= 4 is 5.97 Å². The molecule has 0 amide bonds. The van der Waals surface area contributed by atoms with Gasteiger partial charge in [-0.05, 0) is 23.6 Å². The Balaban J connectivity index is 2.13. The number of benzene rings is 1. The fourth-order valence-corrected chi connectivity index (χ4v) is 1.71. The highest BCUT2D eigenvalue weighted by molar-refractivity contribution is 5.73. The highest BCUT2D eigenvalue weighted by Crippen LogP contribution is 2.26. The molecule has 4 nitrogen and oxygen atoms in total. The van der Waals surface area contributed by atoms with Crippen LogP contribution in [0.15, 0.2) is 18.2 Å². The predicted octanol–water partition coefficient (Wildman–Crippen LogP) is 0.576. The molecule has 80 valence electrons. The van der Waals surface area contributed by atoms with Crippen LogP contribution in [0.1, 0.15) is 11.1 Å². The molecule has 4 heteroatoms. The van der Waals surface area contributed by atoms with Crippen molar-refractivity contribution in [3.8, 4) is 5.75 Å². The van der Waals surface area contributed by atoms with Crippen LogP contribution in [0.25, 0.3) is 0 Å². The molecular weight excluding hydrogens is 194 g/mol. The van der Waals surface area contributed by atoms with Crippen molar-refractivity contribution < 1.29 is 14.6 Å². The summed E-state index contributed by atoms with van der Waals surface area (Å²) in [5, 5.41) is 8.69. The Morgan fingerprint density at radius 1 is 1.60 bits per heavy atom. The van der Waals surface area contributed by atoms with E-state index in [1.165, 1.54) is 0 Å². The Morgan fingerprint density at radius 3 is 3.13 bits per heavy atom. The largest absolute Gasteiger partial charge is 0.493 e. The van der Waals surface area contributed by atoms with Crippen molar-refractivity contribution in [3.63, 3.8) is 0 Å². The first-order chi connectivity index (χ1) is 7.16. The highest BCUT2D eigenvalue weighted by atomic mass is 16.5. The van der Waals surface area contributed by atoms with Gasteiger partial charge in [0.15, 0.2) is 0 Å². The van der Waals surface area contributed by atoms with Gasteiger partial charge in [-0.3, -0.25) is 4.79 Å². The van der Waals surface area contributed by atoms with Crippen molar-refractivity contribution in [1.82, 2.24) is 0 Å². The van der Waals surface area contributed by atoms with E-state index < -0.39 is 12.0 Å². The molecule has 15 heavy (non-hydrogen) atoms. The summed E-state index contributed by atoms with van der Waals surface area (Å²) >= 11 is 0. The molecular formula is C11H13NO3. The number of carbonyl (C=O) groups is 1. The zero-order chi connectivity index (χ0) is 10.8. The summed E-state index contributed by atoms with van der Waals surface area (Å²) in [4.78, 5) is 10.6. The molecule has 0 radical (unpaired) electrons. The zero-order valence-electron chi connectivity index (χ0n) is 8.27. The predicted molar refractivity (Wildman–Crippen MR) is 55.0 cm³/mol. The molecule has 0 fully saturated rings. The molecule has 0 aliphatic carbocycles. The van der Waals surface area contributed by atoms with Crippen LogP contribution in [-0.4, -0.2) is 23.7 Å². The second-order valence-corrected chi connectivity index (χ2v) is 3.69. The fourth-order valence-electron chi connectivity index (χ4n) is 1.71. The van der Waals surface area contributed by atoms with Crippen molar-refractivity contribution in [3.05, 3.63) is 29.3 Å². The molecule has 0 bridgehead atoms. The lowest BCUT2D eigenvalue weighted by Crippen LogP contribution is -2.32. The number of ether oxygens (including phenoxy) is 1. The summed E-state index contributed by atoms with van der Waals surface area (Å²) in [5.74, 6) is -0.0607. The quantitative estimate of drug-likeness (QED) is 0.760. The third-order valence-corrected chi connectivity index (χ3v) is 2.53. The van der Waals surface area contributed by atoms with Crippen LogP contribution >= 0.6 is 0 Å². The van der Waals surface area contributed by atoms with E-state index in [4.69, 9.17) is 15.6 Å². The molecule has 0 spiro atoms. The summed E-state index contributed by atoms with van der Waals surface area (Å²) in [6.07, 6.45) is 1.26. The van der Waals surface area contributed by atoms with Crippen LogP contribution < -0.4 is 10.5 Å². The van der Waals surface area contributed by atoms with Gasteiger partial charge in [-0.15, -0.1) is 0 Å². The smallest absolute Gasteiger partial charge is 0.320 e. The van der Waals surface area contributed by atoms with E-state index in [0.717, 1.165) is 23.3 Å². The van der Waals surface area contributed by atoms with Crippen molar-refractivity contribution in [1.29, 1.82) is 0 Å². The van der Waals surface area contributed by atoms with Crippen molar-refractivity contribution in [2.45, 2.75) is 18.9 Å². The molecule has 1 atom stereocenters. The first-order valence-electron chi connectivity index (χ1n) is 4.90. The van der Waals surface area contributed by atoms with Crippen molar-refractivity contribution in [2.75, 3.05) is 6.61 Å². The van der Waals surface area contributed by atoms with Crippen LogP contribution in [0, 0.1) is 0 Å². The minimum absolute atomic E-state index is 0.364. The monoisotopic (exact) mass is 207 g/mol. The molecule has 0 aromatic heterocycles. The van der Waals surface area contributed by atoms with E-state index in [0.29, 0.717) is 13.0 Å². The molecule has 2 rings (SSSR count). The van der Waals surface area contributed by atoms with Gasteiger partial charge in [0.1, 0.15) is 11.8 Å². The number of fused-ring (bicyclic) bond motifs is 1. The standard InChI is InChI=1S/C11H13NO3/c12-9(11(13)14)6-7-1-2-10-8(5-7)3-4-15-10/h1-2,5,9H,3-4,6,12H2,(H,13,14)/t9-/m1/s1. The first kappa shape index (κ1) is 9.98. The van der Waals surface area contributed by atoms with Crippen LogP contribution in [0.5, 0.6) is 5.75 Å². The van der Waals surface area contributed by atoms with E-state index in [1.54, 1.807) is 0 Å². The lowest BCUT2D eigenvalue weighted by atomic mass is 10.0. The maximum absolute atomic E-state index is 10.6. The summed E-state index contributed by atoms with van der Waals surface area (Å²) in [7, 11) is 0. The van der Waals surface area contributed by atoms with Gasteiger partial charge in [0, 0.05) is 6.42 Å². The van der Waals surface area contributed by atoms with Crippen LogP contribution in [-0.2, 0) is 17.6 Å². The number of carboxylic acid groups (broad SMARTS) is 1. The van der Waals surface area contributed by atoms with Gasteiger partial charge in [0.25, 0.3) is 0 Å². The Kier molecular flexibility index (Phi) is 2.60. The number of hydrogen-bond donors (Lipinski definition) is 2. The number of hydrogen-bond acceptors (Lipinski definition) is 3. The van der Waals surface area contributed by atoms with Crippen LogP contribution in [0.3, 0.4) is 0 Å². The molecule has 1 aromatic rings. The molecule has 0 saturated carbocycles. The van der Waals surface area contributed by atoms with Gasteiger partial charge in [0.05, 0.1) is 6.61 Å².